The van der Waals surface area contributed by atoms with E-state index in [0.29, 0.717) is 27.3 Å². The van der Waals surface area contributed by atoms with E-state index in [1.165, 1.54) is 6.20 Å². The summed E-state index contributed by atoms with van der Waals surface area (Å²) < 4.78 is 0. The van der Waals surface area contributed by atoms with E-state index < -0.39 is 0 Å². The molecule has 1 aromatic heterocycles. The van der Waals surface area contributed by atoms with Crippen molar-refractivity contribution >= 4 is 40.6 Å². The second-order valence-corrected chi connectivity index (χ2v) is 5.55. The fourth-order valence-electron chi connectivity index (χ4n) is 1.91. The van der Waals surface area contributed by atoms with Gasteiger partial charge in [-0.2, -0.15) is 0 Å². The summed E-state index contributed by atoms with van der Waals surface area (Å²) in [5.74, 6) is 5.99. The summed E-state index contributed by atoms with van der Waals surface area (Å²) >= 11 is 17.8. The van der Waals surface area contributed by atoms with Crippen LogP contribution < -0.4 is 17.0 Å². The number of halogens is 3. The van der Waals surface area contributed by atoms with Gasteiger partial charge in [-0.15, -0.1) is 0 Å². The molecule has 0 aliphatic heterocycles. The van der Waals surface area contributed by atoms with E-state index in [4.69, 9.17) is 46.4 Å². The zero-order valence-electron chi connectivity index (χ0n) is 10.4. The van der Waals surface area contributed by atoms with E-state index in [1.807, 2.05) is 6.07 Å². The highest BCUT2D eigenvalue weighted by Gasteiger charge is 2.15. The predicted molar refractivity (Wildman–Crippen MR) is 83.9 cm³/mol. The highest BCUT2D eigenvalue weighted by atomic mass is 35.5. The Hall–Kier alpha value is -1.04. The number of nitrogens with one attached hydrogen (secondary N) is 1. The van der Waals surface area contributed by atoms with Crippen molar-refractivity contribution in [3.63, 3.8) is 0 Å². The van der Waals surface area contributed by atoms with E-state index >= 15 is 0 Å². The van der Waals surface area contributed by atoms with Gasteiger partial charge >= 0.3 is 0 Å². The lowest BCUT2D eigenvalue weighted by atomic mass is 10.00. The lowest BCUT2D eigenvalue weighted by Crippen LogP contribution is -2.30. The molecule has 7 heteroatoms. The molecule has 0 radical (unpaired) electrons. The Morgan fingerprint density at radius 3 is 2.55 bits per heavy atom. The molecular formula is C13H13Cl3N4. The molecule has 2 rings (SSSR count). The van der Waals surface area contributed by atoms with Gasteiger partial charge in [-0.05, 0) is 30.2 Å². The van der Waals surface area contributed by atoms with Crippen LogP contribution in [0, 0.1) is 0 Å². The molecule has 0 fully saturated rings. The number of anilines is 1. The summed E-state index contributed by atoms with van der Waals surface area (Å²) in [4.78, 5) is 4.02. The topological polar surface area (TPSA) is 77.0 Å². The number of nitrogens with two attached hydrogens (primary N) is 2. The van der Waals surface area contributed by atoms with Crippen molar-refractivity contribution in [1.82, 2.24) is 10.4 Å². The Morgan fingerprint density at radius 1 is 1.15 bits per heavy atom. The maximum absolute atomic E-state index is 6.00. The summed E-state index contributed by atoms with van der Waals surface area (Å²) in [7, 11) is 0. The Bertz CT molecular complexity index is 619. The van der Waals surface area contributed by atoms with Crippen LogP contribution in [0.25, 0.3) is 0 Å². The smallest absolute Gasteiger partial charge is 0.128 e. The molecule has 0 saturated heterocycles. The SMILES string of the molecule is NNC(Cc1ccc(Cl)c(Cl)c1)c1cc(Cl)cnc1N. The second kappa shape index (κ2) is 6.61. The highest BCUT2D eigenvalue weighted by Crippen LogP contribution is 2.28. The standard InChI is InChI=1S/C13H13Cl3N4/c14-8-5-9(13(17)19-6-8)12(20-18)4-7-1-2-10(15)11(16)3-7/h1-3,5-6,12,20H,4,18H2,(H2,17,19). The Labute approximate surface area is 132 Å². The maximum atomic E-state index is 6.00. The van der Waals surface area contributed by atoms with Crippen molar-refractivity contribution in [3.8, 4) is 0 Å². The van der Waals surface area contributed by atoms with Gasteiger partial charge < -0.3 is 5.73 Å². The predicted octanol–water partition coefficient (Wildman–Crippen LogP) is 3.37. The molecule has 106 valence electrons. The molecule has 0 aliphatic rings. The van der Waals surface area contributed by atoms with Crippen LogP contribution >= 0.6 is 34.8 Å². The van der Waals surface area contributed by atoms with Crippen molar-refractivity contribution in [2.45, 2.75) is 12.5 Å². The molecule has 4 nitrogen and oxygen atoms in total. The van der Waals surface area contributed by atoms with E-state index in [0.717, 1.165) is 11.1 Å². The van der Waals surface area contributed by atoms with E-state index in [1.54, 1.807) is 18.2 Å². The van der Waals surface area contributed by atoms with Gasteiger partial charge in [-0.3, -0.25) is 11.3 Å². The molecular weight excluding hydrogens is 319 g/mol. The van der Waals surface area contributed by atoms with Crippen LogP contribution in [0.3, 0.4) is 0 Å². The quantitative estimate of drug-likeness (QED) is 0.593. The van der Waals surface area contributed by atoms with Gasteiger partial charge in [0.15, 0.2) is 0 Å². The highest BCUT2D eigenvalue weighted by molar-refractivity contribution is 6.42. The molecule has 0 amide bonds. The number of hydrogen-bond donors (Lipinski definition) is 3. The van der Waals surface area contributed by atoms with Crippen LogP contribution in [-0.4, -0.2) is 4.98 Å². The van der Waals surface area contributed by atoms with Gasteiger partial charge in [-0.25, -0.2) is 4.98 Å². The minimum Gasteiger partial charge on any atom is -0.383 e. The lowest BCUT2D eigenvalue weighted by molar-refractivity contribution is 0.552. The molecule has 1 heterocycles. The largest absolute Gasteiger partial charge is 0.383 e. The summed E-state index contributed by atoms with van der Waals surface area (Å²) in [5, 5.41) is 1.51. The van der Waals surface area contributed by atoms with Gasteiger partial charge in [0, 0.05) is 11.8 Å². The summed E-state index contributed by atoms with van der Waals surface area (Å²) in [6.45, 7) is 0. The first-order chi connectivity index (χ1) is 9.51. The number of pyridine rings is 1. The summed E-state index contributed by atoms with van der Waals surface area (Å²) in [5.41, 5.74) is 10.3. The van der Waals surface area contributed by atoms with Gasteiger partial charge in [-0.1, -0.05) is 40.9 Å². The third-order valence-electron chi connectivity index (χ3n) is 2.92. The third-order valence-corrected chi connectivity index (χ3v) is 3.86. The van der Waals surface area contributed by atoms with Crippen molar-refractivity contribution in [2.75, 3.05) is 5.73 Å². The number of hydrogen-bond acceptors (Lipinski definition) is 4. The zero-order valence-corrected chi connectivity index (χ0v) is 12.7. The van der Waals surface area contributed by atoms with Gasteiger partial charge in [0.05, 0.1) is 21.1 Å². The number of nitrogen functional groups attached to an aromatic ring is 1. The average molecular weight is 332 g/mol. The molecule has 0 aliphatic carbocycles. The molecule has 1 aromatic carbocycles. The van der Waals surface area contributed by atoms with E-state index in [9.17, 15) is 0 Å². The Morgan fingerprint density at radius 2 is 1.90 bits per heavy atom. The van der Waals surface area contributed by atoms with Gasteiger partial charge in [0.2, 0.25) is 0 Å². The number of rotatable bonds is 4. The van der Waals surface area contributed by atoms with Gasteiger partial charge in [0.25, 0.3) is 0 Å². The van der Waals surface area contributed by atoms with Crippen LogP contribution in [0.2, 0.25) is 15.1 Å². The first kappa shape index (κ1) is 15.4. The Balaban J connectivity index is 2.28. The minimum atomic E-state index is -0.224. The van der Waals surface area contributed by atoms with Crippen molar-refractivity contribution in [1.29, 1.82) is 0 Å². The molecule has 5 N–H and O–H groups in total. The van der Waals surface area contributed by atoms with Crippen LogP contribution in [0.1, 0.15) is 17.2 Å². The minimum absolute atomic E-state index is 0.224. The molecule has 0 spiro atoms. The first-order valence-electron chi connectivity index (χ1n) is 5.82. The lowest BCUT2D eigenvalue weighted by Gasteiger charge is -2.18. The van der Waals surface area contributed by atoms with Crippen LogP contribution in [0.5, 0.6) is 0 Å². The zero-order chi connectivity index (χ0) is 14.7. The molecule has 1 atom stereocenters. The second-order valence-electron chi connectivity index (χ2n) is 4.30. The maximum Gasteiger partial charge on any atom is 0.128 e. The monoisotopic (exact) mass is 330 g/mol. The Kier molecular flexibility index (Phi) is 5.07. The number of benzene rings is 1. The fraction of sp³-hybridized carbons (Fsp3) is 0.154. The summed E-state index contributed by atoms with van der Waals surface area (Å²) in [6.07, 6.45) is 2.08. The van der Waals surface area contributed by atoms with Gasteiger partial charge in [0.1, 0.15) is 5.82 Å². The summed E-state index contributed by atoms with van der Waals surface area (Å²) in [6, 6.07) is 6.94. The van der Waals surface area contributed by atoms with E-state index in [-0.39, 0.29) is 6.04 Å². The van der Waals surface area contributed by atoms with Crippen molar-refractivity contribution in [3.05, 3.63) is 56.7 Å². The number of nitrogens with zero attached hydrogens (tertiary/aromatic N) is 1. The van der Waals surface area contributed by atoms with Crippen LogP contribution in [0.15, 0.2) is 30.5 Å². The van der Waals surface area contributed by atoms with Crippen LogP contribution in [-0.2, 0) is 6.42 Å². The molecule has 20 heavy (non-hydrogen) atoms. The molecule has 2 aromatic rings. The first-order valence-corrected chi connectivity index (χ1v) is 6.95. The number of hydrazine groups is 1. The average Bonchev–Trinajstić information content (AvgIpc) is 2.43. The number of aromatic nitrogens is 1. The van der Waals surface area contributed by atoms with E-state index in [2.05, 4.69) is 10.4 Å². The fourth-order valence-corrected chi connectivity index (χ4v) is 2.39. The van der Waals surface area contributed by atoms with Crippen LogP contribution in [0.4, 0.5) is 5.82 Å². The van der Waals surface area contributed by atoms with Crippen molar-refractivity contribution in [2.24, 2.45) is 5.84 Å². The molecule has 1 unspecified atom stereocenters. The van der Waals surface area contributed by atoms with Crippen molar-refractivity contribution < 1.29 is 0 Å². The molecule has 0 bridgehead atoms. The normalized spacial score (nSPS) is 12.4. The molecule has 0 saturated carbocycles. The third kappa shape index (κ3) is 3.53.